The number of nitrogens with zero attached hydrogens (tertiary/aromatic N) is 1. The lowest BCUT2D eigenvalue weighted by molar-refractivity contribution is -0.136. The van der Waals surface area contributed by atoms with Crippen LogP contribution in [0.1, 0.15) is 17.7 Å². The molecular formula is C20H17F2NO5. The summed E-state index contributed by atoms with van der Waals surface area (Å²) in [6.45, 7) is -2.83. The summed E-state index contributed by atoms with van der Waals surface area (Å²) >= 11 is 0. The van der Waals surface area contributed by atoms with Gasteiger partial charge >= 0.3 is 12.6 Å². The van der Waals surface area contributed by atoms with Gasteiger partial charge in [-0.3, -0.25) is 4.79 Å². The molecule has 1 heterocycles. The third kappa shape index (κ3) is 5.29. The van der Waals surface area contributed by atoms with Gasteiger partial charge in [0.25, 0.3) is 0 Å². The van der Waals surface area contributed by atoms with Crippen LogP contribution < -0.4 is 9.47 Å². The van der Waals surface area contributed by atoms with Gasteiger partial charge in [-0.25, -0.2) is 4.98 Å². The highest BCUT2D eigenvalue weighted by molar-refractivity contribution is 5.67. The number of halogens is 2. The zero-order chi connectivity index (χ0) is 19.9. The molecule has 146 valence electrons. The Morgan fingerprint density at radius 2 is 1.93 bits per heavy atom. The van der Waals surface area contributed by atoms with Gasteiger partial charge in [-0.1, -0.05) is 30.3 Å². The van der Waals surface area contributed by atoms with Crippen LogP contribution in [0.3, 0.4) is 0 Å². The first-order valence-corrected chi connectivity index (χ1v) is 8.43. The van der Waals surface area contributed by atoms with Crippen molar-refractivity contribution in [2.24, 2.45) is 0 Å². The molecule has 0 aliphatic heterocycles. The van der Waals surface area contributed by atoms with Gasteiger partial charge in [-0.15, -0.1) is 0 Å². The summed E-state index contributed by atoms with van der Waals surface area (Å²) in [5.41, 5.74) is 1.84. The van der Waals surface area contributed by atoms with Crippen LogP contribution in [-0.2, 0) is 17.8 Å². The van der Waals surface area contributed by atoms with Gasteiger partial charge in [0.05, 0.1) is 12.1 Å². The van der Waals surface area contributed by atoms with Gasteiger partial charge in [0.2, 0.25) is 5.89 Å². The van der Waals surface area contributed by atoms with E-state index in [1.807, 2.05) is 30.3 Å². The molecule has 8 heteroatoms. The summed E-state index contributed by atoms with van der Waals surface area (Å²) in [4.78, 5) is 14.9. The van der Waals surface area contributed by atoms with E-state index < -0.39 is 12.6 Å². The molecule has 0 spiro atoms. The summed E-state index contributed by atoms with van der Waals surface area (Å²) in [5, 5.41) is 8.74. The van der Waals surface area contributed by atoms with Gasteiger partial charge in [0.15, 0.2) is 11.5 Å². The monoisotopic (exact) mass is 389 g/mol. The van der Waals surface area contributed by atoms with E-state index in [2.05, 4.69) is 9.72 Å². The van der Waals surface area contributed by atoms with Crippen molar-refractivity contribution in [3.63, 3.8) is 0 Å². The number of ether oxygens (including phenoxy) is 2. The maximum absolute atomic E-state index is 12.7. The molecule has 0 fully saturated rings. The van der Waals surface area contributed by atoms with Crippen molar-refractivity contribution in [2.75, 3.05) is 0 Å². The zero-order valence-corrected chi connectivity index (χ0v) is 14.7. The molecule has 3 rings (SSSR count). The third-order valence-electron chi connectivity index (χ3n) is 3.79. The first-order chi connectivity index (χ1) is 13.5. The number of hydrogen-bond donors (Lipinski definition) is 1. The Hall–Kier alpha value is -3.42. The van der Waals surface area contributed by atoms with Gasteiger partial charge in [-0.05, 0) is 23.8 Å². The summed E-state index contributed by atoms with van der Waals surface area (Å²) in [7, 11) is 0. The molecule has 0 bridgehead atoms. The molecule has 6 nitrogen and oxygen atoms in total. The molecule has 0 aliphatic rings. The number of carbonyl (C=O) groups is 1. The van der Waals surface area contributed by atoms with E-state index in [1.165, 1.54) is 24.5 Å². The standard InChI is InChI=1S/C20H17F2NO5/c21-20(22)28-16-8-6-14(19-23-15(12-27-19)7-9-18(24)25)10-17(16)26-11-13-4-2-1-3-5-13/h1-6,8,10,12,20H,7,9,11H2,(H,24,25). The van der Waals surface area contributed by atoms with E-state index in [-0.39, 0.29) is 36.8 Å². The fourth-order valence-corrected chi connectivity index (χ4v) is 2.47. The molecule has 0 aliphatic carbocycles. The summed E-state index contributed by atoms with van der Waals surface area (Å²) in [6, 6.07) is 13.6. The number of aliphatic carboxylic acids is 1. The number of alkyl halides is 2. The van der Waals surface area contributed by atoms with E-state index in [9.17, 15) is 13.6 Å². The first-order valence-electron chi connectivity index (χ1n) is 8.43. The number of hydrogen-bond acceptors (Lipinski definition) is 5. The third-order valence-corrected chi connectivity index (χ3v) is 3.79. The average Bonchev–Trinajstić information content (AvgIpc) is 3.15. The van der Waals surface area contributed by atoms with Crippen molar-refractivity contribution in [2.45, 2.75) is 26.1 Å². The molecule has 2 aromatic carbocycles. The molecule has 0 saturated carbocycles. The molecule has 3 aromatic rings. The molecule has 1 N–H and O–H groups in total. The average molecular weight is 389 g/mol. The lowest BCUT2D eigenvalue weighted by Crippen LogP contribution is -2.05. The Labute approximate surface area is 159 Å². The minimum Gasteiger partial charge on any atom is -0.485 e. The van der Waals surface area contributed by atoms with Crippen LogP contribution in [0.2, 0.25) is 0 Å². The second-order valence-corrected chi connectivity index (χ2v) is 5.85. The number of aryl methyl sites for hydroxylation is 1. The Bertz CT molecular complexity index is 927. The SMILES string of the molecule is O=C(O)CCc1coc(-c2ccc(OC(F)F)c(OCc3ccccc3)c2)n1. The Balaban J connectivity index is 1.81. The van der Waals surface area contributed by atoms with Crippen molar-refractivity contribution in [1.82, 2.24) is 4.98 Å². The van der Waals surface area contributed by atoms with Gasteiger partial charge in [0.1, 0.15) is 12.9 Å². The Morgan fingerprint density at radius 1 is 1.14 bits per heavy atom. The lowest BCUT2D eigenvalue weighted by Gasteiger charge is -2.13. The number of carboxylic acids is 1. The fourth-order valence-electron chi connectivity index (χ4n) is 2.47. The molecule has 0 unspecified atom stereocenters. The molecule has 0 saturated heterocycles. The molecule has 0 radical (unpaired) electrons. The largest absolute Gasteiger partial charge is 0.485 e. The van der Waals surface area contributed by atoms with E-state index >= 15 is 0 Å². The molecule has 28 heavy (non-hydrogen) atoms. The van der Waals surface area contributed by atoms with Gasteiger partial charge in [0, 0.05) is 12.0 Å². The molecule has 0 amide bonds. The van der Waals surface area contributed by atoms with E-state index in [1.54, 1.807) is 0 Å². The van der Waals surface area contributed by atoms with Crippen LogP contribution in [0.5, 0.6) is 11.5 Å². The van der Waals surface area contributed by atoms with E-state index in [4.69, 9.17) is 14.3 Å². The van der Waals surface area contributed by atoms with Crippen LogP contribution in [-0.4, -0.2) is 22.7 Å². The second kappa shape index (κ2) is 8.98. The van der Waals surface area contributed by atoms with Crippen molar-refractivity contribution in [3.05, 3.63) is 66.1 Å². The normalized spacial score (nSPS) is 10.8. The predicted molar refractivity (Wildman–Crippen MR) is 95.3 cm³/mol. The molecule has 1 aromatic heterocycles. The highest BCUT2D eigenvalue weighted by atomic mass is 19.3. The van der Waals surface area contributed by atoms with Gasteiger partial charge in [-0.2, -0.15) is 8.78 Å². The van der Waals surface area contributed by atoms with Crippen LogP contribution in [0.25, 0.3) is 11.5 Å². The topological polar surface area (TPSA) is 81.8 Å². The summed E-state index contributed by atoms with van der Waals surface area (Å²) in [6.07, 6.45) is 1.52. The van der Waals surface area contributed by atoms with Crippen LogP contribution in [0.15, 0.2) is 59.2 Å². The maximum Gasteiger partial charge on any atom is 0.387 e. The second-order valence-electron chi connectivity index (χ2n) is 5.85. The Morgan fingerprint density at radius 3 is 2.64 bits per heavy atom. The van der Waals surface area contributed by atoms with Crippen LogP contribution >= 0.6 is 0 Å². The van der Waals surface area contributed by atoms with Gasteiger partial charge < -0.3 is 19.0 Å². The van der Waals surface area contributed by atoms with Crippen molar-refractivity contribution < 1.29 is 32.6 Å². The fraction of sp³-hybridized carbons (Fsp3) is 0.200. The van der Waals surface area contributed by atoms with E-state index in [0.29, 0.717) is 11.3 Å². The number of rotatable bonds is 9. The maximum atomic E-state index is 12.7. The van der Waals surface area contributed by atoms with E-state index in [0.717, 1.165) is 5.56 Å². The summed E-state index contributed by atoms with van der Waals surface area (Å²) < 4.78 is 40.9. The minimum atomic E-state index is -2.99. The number of benzene rings is 2. The summed E-state index contributed by atoms with van der Waals surface area (Å²) in [5.74, 6) is -0.692. The van der Waals surface area contributed by atoms with Crippen molar-refractivity contribution >= 4 is 5.97 Å². The van der Waals surface area contributed by atoms with Crippen LogP contribution in [0.4, 0.5) is 8.78 Å². The van der Waals surface area contributed by atoms with Crippen molar-refractivity contribution in [1.29, 1.82) is 0 Å². The molecular weight excluding hydrogens is 372 g/mol. The highest BCUT2D eigenvalue weighted by Crippen LogP contribution is 2.34. The smallest absolute Gasteiger partial charge is 0.387 e. The first kappa shape index (κ1) is 19.3. The quantitative estimate of drug-likeness (QED) is 0.579. The lowest BCUT2D eigenvalue weighted by atomic mass is 10.2. The highest BCUT2D eigenvalue weighted by Gasteiger charge is 2.15. The van der Waals surface area contributed by atoms with Crippen LogP contribution in [0, 0.1) is 0 Å². The number of aromatic nitrogens is 1. The zero-order valence-electron chi connectivity index (χ0n) is 14.7. The van der Waals surface area contributed by atoms with Crippen molar-refractivity contribution in [3.8, 4) is 23.0 Å². The molecule has 0 atom stereocenters. The Kier molecular flexibility index (Phi) is 6.21. The minimum absolute atomic E-state index is 0.0709. The predicted octanol–water partition coefficient (Wildman–Crippen LogP) is 4.54. The number of carboxylic acid groups (broad SMARTS) is 1. The number of oxazole rings is 1.